The Bertz CT molecular complexity index is 488. The van der Waals surface area contributed by atoms with Crippen LogP contribution in [0.1, 0.15) is 25.5 Å². The van der Waals surface area contributed by atoms with Crippen LogP contribution in [0.15, 0.2) is 28.7 Å². The highest BCUT2D eigenvalue weighted by Gasteiger charge is 2.12. The van der Waals surface area contributed by atoms with Gasteiger partial charge in [0.05, 0.1) is 5.75 Å². The number of rotatable bonds is 6. The van der Waals surface area contributed by atoms with Crippen molar-refractivity contribution in [1.29, 1.82) is 0 Å². The number of halogens is 1. The van der Waals surface area contributed by atoms with Gasteiger partial charge < -0.3 is 5.32 Å². The van der Waals surface area contributed by atoms with Gasteiger partial charge in [0.25, 0.3) is 0 Å². The van der Waals surface area contributed by atoms with Crippen LogP contribution in [0.4, 0.5) is 0 Å². The zero-order chi connectivity index (χ0) is 13.8. The third kappa shape index (κ3) is 5.98. The van der Waals surface area contributed by atoms with E-state index in [1.165, 1.54) is 11.8 Å². The van der Waals surface area contributed by atoms with Crippen LogP contribution >= 0.6 is 15.9 Å². The Morgan fingerprint density at radius 2 is 2.00 bits per heavy atom. The predicted molar refractivity (Wildman–Crippen MR) is 79.4 cm³/mol. The summed E-state index contributed by atoms with van der Waals surface area (Å²) in [7, 11) is -2.89. The smallest absolute Gasteiger partial charge is 0.147 e. The van der Waals surface area contributed by atoms with Gasteiger partial charge in [-0.25, -0.2) is 8.42 Å². The summed E-state index contributed by atoms with van der Waals surface area (Å²) in [5.74, 6) is 0.347. The summed E-state index contributed by atoms with van der Waals surface area (Å²) in [6.07, 6.45) is 1.28. The lowest BCUT2D eigenvalue weighted by Gasteiger charge is -2.17. The fourth-order valence-electron chi connectivity index (χ4n) is 1.85. The average Bonchev–Trinajstić information content (AvgIpc) is 2.23. The molecule has 0 aliphatic carbocycles. The molecular weight excluding hydrogens is 314 g/mol. The minimum atomic E-state index is -2.89. The van der Waals surface area contributed by atoms with Gasteiger partial charge in [-0.2, -0.15) is 0 Å². The third-order valence-electron chi connectivity index (χ3n) is 2.71. The molecule has 5 heteroatoms. The molecule has 0 heterocycles. The highest BCUT2D eigenvalue weighted by Crippen LogP contribution is 2.18. The van der Waals surface area contributed by atoms with E-state index in [9.17, 15) is 8.42 Å². The zero-order valence-electron chi connectivity index (χ0n) is 11.0. The maximum Gasteiger partial charge on any atom is 0.147 e. The number of benzene rings is 1. The number of sulfone groups is 1. The molecule has 18 heavy (non-hydrogen) atoms. The highest BCUT2D eigenvalue weighted by molar-refractivity contribution is 9.10. The molecule has 2 atom stereocenters. The third-order valence-corrected chi connectivity index (χ3v) is 4.38. The van der Waals surface area contributed by atoms with E-state index >= 15 is 0 Å². The van der Waals surface area contributed by atoms with Crippen molar-refractivity contribution in [2.24, 2.45) is 5.92 Å². The van der Waals surface area contributed by atoms with E-state index in [0.29, 0.717) is 6.54 Å². The summed E-state index contributed by atoms with van der Waals surface area (Å²) in [6.45, 7) is 4.72. The maximum absolute atomic E-state index is 11.2. The van der Waals surface area contributed by atoms with Gasteiger partial charge in [0.2, 0.25) is 0 Å². The molecule has 0 aromatic heterocycles. The van der Waals surface area contributed by atoms with E-state index in [1.807, 2.05) is 19.1 Å². The van der Waals surface area contributed by atoms with Crippen LogP contribution in [-0.4, -0.2) is 27.0 Å². The van der Waals surface area contributed by atoms with Gasteiger partial charge in [-0.15, -0.1) is 0 Å². The van der Waals surface area contributed by atoms with Crippen molar-refractivity contribution in [2.75, 3.05) is 18.6 Å². The van der Waals surface area contributed by atoms with Gasteiger partial charge in [-0.1, -0.05) is 35.0 Å². The van der Waals surface area contributed by atoms with Crippen molar-refractivity contribution in [3.05, 3.63) is 34.3 Å². The molecule has 0 bridgehead atoms. The Kier molecular flexibility index (Phi) is 5.82. The first-order chi connectivity index (χ1) is 8.28. The van der Waals surface area contributed by atoms with Crippen LogP contribution in [0, 0.1) is 5.92 Å². The second-order valence-electron chi connectivity index (χ2n) is 4.88. The number of hydrogen-bond donors (Lipinski definition) is 1. The summed E-state index contributed by atoms with van der Waals surface area (Å²) in [5, 5.41) is 3.36. The van der Waals surface area contributed by atoms with Crippen molar-refractivity contribution < 1.29 is 8.42 Å². The number of hydrogen-bond acceptors (Lipinski definition) is 3. The summed E-state index contributed by atoms with van der Waals surface area (Å²) in [4.78, 5) is 0. The Hall–Kier alpha value is -0.390. The molecule has 102 valence electrons. The monoisotopic (exact) mass is 333 g/mol. The van der Waals surface area contributed by atoms with Gasteiger partial charge in [-0.3, -0.25) is 0 Å². The van der Waals surface area contributed by atoms with Gasteiger partial charge >= 0.3 is 0 Å². The zero-order valence-corrected chi connectivity index (χ0v) is 13.4. The van der Waals surface area contributed by atoms with E-state index in [1.54, 1.807) is 0 Å². The minimum absolute atomic E-state index is 0.120. The van der Waals surface area contributed by atoms with Crippen molar-refractivity contribution in [3.63, 3.8) is 0 Å². The number of nitrogens with one attached hydrogen (secondary N) is 1. The molecule has 0 saturated carbocycles. The lowest BCUT2D eigenvalue weighted by molar-refractivity contribution is 0.491. The van der Waals surface area contributed by atoms with Crippen molar-refractivity contribution in [1.82, 2.24) is 5.32 Å². The molecule has 1 N–H and O–H groups in total. The molecule has 0 aliphatic rings. The van der Waals surface area contributed by atoms with Crippen molar-refractivity contribution in [3.8, 4) is 0 Å². The van der Waals surface area contributed by atoms with E-state index in [-0.39, 0.29) is 17.7 Å². The van der Waals surface area contributed by atoms with Crippen LogP contribution in [0.2, 0.25) is 0 Å². The van der Waals surface area contributed by atoms with Crippen LogP contribution < -0.4 is 5.32 Å². The average molecular weight is 334 g/mol. The van der Waals surface area contributed by atoms with Crippen molar-refractivity contribution in [2.45, 2.75) is 19.9 Å². The van der Waals surface area contributed by atoms with Gasteiger partial charge in [0, 0.05) is 16.8 Å². The lowest BCUT2D eigenvalue weighted by atomic mass is 10.1. The summed E-state index contributed by atoms with van der Waals surface area (Å²) < 4.78 is 23.4. The van der Waals surface area contributed by atoms with Gasteiger partial charge in [0.1, 0.15) is 9.84 Å². The van der Waals surface area contributed by atoms with E-state index < -0.39 is 9.84 Å². The van der Waals surface area contributed by atoms with Crippen molar-refractivity contribution >= 4 is 25.8 Å². The lowest BCUT2D eigenvalue weighted by Crippen LogP contribution is -2.28. The van der Waals surface area contributed by atoms with Crippen LogP contribution in [0.3, 0.4) is 0 Å². The normalized spacial score (nSPS) is 15.3. The molecule has 3 nitrogen and oxygen atoms in total. The molecule has 0 amide bonds. The molecule has 0 unspecified atom stereocenters. The van der Waals surface area contributed by atoms with Crippen LogP contribution in [0.5, 0.6) is 0 Å². The molecule has 1 rings (SSSR count). The fourth-order valence-corrected chi connectivity index (χ4v) is 3.42. The Morgan fingerprint density at radius 1 is 1.33 bits per heavy atom. The summed E-state index contributed by atoms with van der Waals surface area (Å²) in [5.41, 5.74) is 1.19. The summed E-state index contributed by atoms with van der Waals surface area (Å²) >= 11 is 3.44. The fraction of sp³-hybridized carbons (Fsp3) is 0.538. The second kappa shape index (κ2) is 6.68. The van der Waals surface area contributed by atoms with E-state index in [2.05, 4.69) is 40.3 Å². The Balaban J connectivity index is 2.49. The molecular formula is C13H20BrNO2S. The quantitative estimate of drug-likeness (QED) is 0.870. The topological polar surface area (TPSA) is 46.2 Å². The molecule has 1 aromatic carbocycles. The highest BCUT2D eigenvalue weighted by atomic mass is 79.9. The largest absolute Gasteiger partial charge is 0.310 e. The molecule has 0 aliphatic heterocycles. The van der Waals surface area contributed by atoms with Gasteiger partial charge in [0.15, 0.2) is 0 Å². The Labute approximate surface area is 118 Å². The molecule has 0 fully saturated rings. The first-order valence-electron chi connectivity index (χ1n) is 5.94. The van der Waals surface area contributed by atoms with E-state index in [0.717, 1.165) is 4.47 Å². The van der Waals surface area contributed by atoms with E-state index in [4.69, 9.17) is 0 Å². The molecule has 0 radical (unpaired) electrons. The molecule has 0 spiro atoms. The minimum Gasteiger partial charge on any atom is -0.310 e. The van der Waals surface area contributed by atoms with Crippen LogP contribution in [0.25, 0.3) is 0 Å². The standard InChI is InChI=1S/C13H20BrNO2S/c1-10(9-18(3,16)17)8-15-11(2)12-5-4-6-13(14)7-12/h4-7,10-11,15H,8-9H2,1-3H3/t10-,11+/m0/s1. The van der Waals surface area contributed by atoms with Crippen LogP contribution in [-0.2, 0) is 9.84 Å². The predicted octanol–water partition coefficient (Wildman–Crippen LogP) is 2.78. The van der Waals surface area contributed by atoms with Gasteiger partial charge in [-0.05, 0) is 37.1 Å². The maximum atomic E-state index is 11.2. The molecule has 0 saturated heterocycles. The first kappa shape index (κ1) is 15.7. The first-order valence-corrected chi connectivity index (χ1v) is 8.80. The SMILES string of the molecule is C[C@@H](CN[C@H](C)c1cccc(Br)c1)CS(C)(=O)=O. The molecule has 1 aromatic rings. The Morgan fingerprint density at radius 3 is 2.56 bits per heavy atom. The summed E-state index contributed by atoms with van der Waals surface area (Å²) in [6, 6.07) is 8.33. The second-order valence-corrected chi connectivity index (χ2v) is 7.98.